The van der Waals surface area contributed by atoms with Crippen LogP contribution < -0.4 is 0 Å². The van der Waals surface area contributed by atoms with Crippen LogP contribution in [-0.2, 0) is 32.9 Å². The van der Waals surface area contributed by atoms with Crippen LogP contribution in [0.5, 0.6) is 0 Å². The Morgan fingerprint density at radius 1 is 0.604 bits per heavy atom. The van der Waals surface area contributed by atoms with Crippen LogP contribution in [0.4, 0.5) is 0 Å². The standard InChI is InChI=1S/C31H26NO.C18H22N.Ir/c1-19-18-32-28(15-22(19)17-31(2,3)4)25-11-7-10-24-27-14-21-13-12-20-8-5-6-9-23(20)26(21)16-29(27)33-30(24)25;1-13-6-8-15(9-7-13)17-10-14(2)16(12-19-17)11-18(3,4)5;/h5-10,12-16,18H,17H2,1-4H3;6-8,10,12H,11H2,1-5H3;/q2*-1;. The average molecular weight is 873 g/mol. The fourth-order valence-electron chi connectivity index (χ4n) is 7.05. The second kappa shape index (κ2) is 15.0. The Morgan fingerprint density at radius 3 is 2.04 bits per heavy atom. The normalized spacial score (nSPS) is 11.9. The molecule has 0 atom stereocenters. The van der Waals surface area contributed by atoms with Crippen LogP contribution in [0.2, 0.25) is 0 Å². The molecule has 8 rings (SSSR count). The van der Waals surface area contributed by atoms with Crippen molar-refractivity contribution in [1.29, 1.82) is 0 Å². The zero-order valence-electron chi connectivity index (χ0n) is 32.4. The summed E-state index contributed by atoms with van der Waals surface area (Å²) in [6, 6.07) is 38.7. The van der Waals surface area contributed by atoms with Gasteiger partial charge in [0.25, 0.3) is 0 Å². The van der Waals surface area contributed by atoms with Gasteiger partial charge in [-0.05, 0) is 93.7 Å². The predicted molar refractivity (Wildman–Crippen MR) is 220 cm³/mol. The Kier molecular flexibility index (Phi) is 10.8. The van der Waals surface area contributed by atoms with Crippen LogP contribution in [-0.4, -0.2) is 9.97 Å². The van der Waals surface area contributed by atoms with Crippen molar-refractivity contribution in [2.45, 2.75) is 75.2 Å². The fourth-order valence-corrected chi connectivity index (χ4v) is 7.05. The van der Waals surface area contributed by atoms with Crippen molar-refractivity contribution in [1.82, 2.24) is 9.97 Å². The summed E-state index contributed by atoms with van der Waals surface area (Å²) in [5.41, 5.74) is 12.6. The van der Waals surface area contributed by atoms with E-state index in [9.17, 15) is 0 Å². The van der Waals surface area contributed by atoms with Gasteiger partial charge in [-0.25, -0.2) is 0 Å². The summed E-state index contributed by atoms with van der Waals surface area (Å²) in [5, 5.41) is 7.16. The van der Waals surface area contributed by atoms with Crippen molar-refractivity contribution >= 4 is 43.5 Å². The maximum Gasteiger partial charge on any atom is 0.121 e. The van der Waals surface area contributed by atoms with Crippen LogP contribution in [0.15, 0.2) is 108 Å². The van der Waals surface area contributed by atoms with Crippen LogP contribution in [0.1, 0.15) is 69.4 Å². The smallest absolute Gasteiger partial charge is 0.121 e. The fraction of sp³-hybridized carbons (Fsp3) is 0.265. The van der Waals surface area contributed by atoms with Crippen molar-refractivity contribution in [3.05, 3.63) is 143 Å². The first-order chi connectivity index (χ1) is 24.7. The molecule has 0 N–H and O–H groups in total. The number of benzene rings is 5. The number of nitrogens with zero attached hydrogens (tertiary/aromatic N) is 2. The topological polar surface area (TPSA) is 38.9 Å². The van der Waals surface area contributed by atoms with E-state index in [0.29, 0.717) is 5.41 Å². The van der Waals surface area contributed by atoms with Crippen molar-refractivity contribution in [3.63, 3.8) is 0 Å². The minimum atomic E-state index is 0. The molecule has 53 heavy (non-hydrogen) atoms. The summed E-state index contributed by atoms with van der Waals surface area (Å²) in [5.74, 6) is 0. The molecule has 3 aromatic heterocycles. The molecule has 0 aliphatic heterocycles. The summed E-state index contributed by atoms with van der Waals surface area (Å²) in [4.78, 5) is 9.36. The third-order valence-electron chi connectivity index (χ3n) is 9.67. The molecular formula is C49H48IrN2O-2. The Hall–Kier alpha value is -4.63. The number of furan rings is 1. The number of hydrogen-bond donors (Lipinski definition) is 0. The van der Waals surface area contributed by atoms with Gasteiger partial charge in [0, 0.05) is 37.9 Å². The third-order valence-corrected chi connectivity index (χ3v) is 9.67. The van der Waals surface area contributed by atoms with Gasteiger partial charge in [-0.3, -0.25) is 0 Å². The van der Waals surface area contributed by atoms with Gasteiger partial charge in [0.2, 0.25) is 0 Å². The van der Waals surface area contributed by atoms with E-state index in [1.54, 1.807) is 0 Å². The predicted octanol–water partition coefficient (Wildman–Crippen LogP) is 13.4. The largest absolute Gasteiger partial charge is 0.501 e. The molecule has 0 amide bonds. The molecule has 1 radical (unpaired) electrons. The molecule has 8 aromatic rings. The van der Waals surface area contributed by atoms with E-state index in [2.05, 4.69) is 158 Å². The number of hydrogen-bond acceptors (Lipinski definition) is 3. The first kappa shape index (κ1) is 38.1. The molecule has 5 aromatic carbocycles. The van der Waals surface area contributed by atoms with Crippen LogP contribution in [0.25, 0.3) is 66.0 Å². The minimum Gasteiger partial charge on any atom is -0.501 e. The summed E-state index contributed by atoms with van der Waals surface area (Å²) in [7, 11) is 0. The van der Waals surface area contributed by atoms with Gasteiger partial charge in [0.05, 0.1) is 5.58 Å². The van der Waals surface area contributed by atoms with Crippen molar-refractivity contribution in [2.24, 2.45) is 10.8 Å². The Labute approximate surface area is 328 Å². The van der Waals surface area contributed by atoms with E-state index in [4.69, 9.17) is 9.40 Å². The molecule has 4 heteroatoms. The van der Waals surface area contributed by atoms with E-state index in [1.165, 1.54) is 49.4 Å². The summed E-state index contributed by atoms with van der Waals surface area (Å²) < 4.78 is 6.49. The van der Waals surface area contributed by atoms with Gasteiger partial charge in [-0.15, -0.1) is 53.6 Å². The molecule has 0 saturated carbocycles. The second-order valence-corrected chi connectivity index (χ2v) is 16.8. The molecule has 0 saturated heterocycles. The van der Waals surface area contributed by atoms with Gasteiger partial charge in [-0.2, -0.15) is 0 Å². The number of aromatic nitrogens is 2. The van der Waals surface area contributed by atoms with E-state index < -0.39 is 0 Å². The monoisotopic (exact) mass is 873 g/mol. The maximum absolute atomic E-state index is 6.49. The van der Waals surface area contributed by atoms with Gasteiger partial charge < -0.3 is 14.4 Å². The SMILES string of the molecule is Cc1c[c-]c(-c2cc(C)c(CC(C)(C)C)cn2)cc1.Cc1cnc(-c2[c-]ccc3c2oc2cc4c(ccc5ccccc54)cc23)cc1CC(C)(C)C.[Ir]. The Morgan fingerprint density at radius 2 is 1.32 bits per heavy atom. The molecule has 3 nitrogen and oxygen atoms in total. The van der Waals surface area contributed by atoms with Crippen LogP contribution in [0, 0.1) is 43.7 Å². The molecule has 271 valence electrons. The number of pyridine rings is 2. The van der Waals surface area contributed by atoms with Crippen molar-refractivity contribution in [3.8, 4) is 22.5 Å². The van der Waals surface area contributed by atoms with E-state index in [0.717, 1.165) is 57.3 Å². The van der Waals surface area contributed by atoms with Gasteiger partial charge in [0.15, 0.2) is 0 Å². The molecule has 0 aliphatic rings. The van der Waals surface area contributed by atoms with Gasteiger partial charge >= 0.3 is 0 Å². The van der Waals surface area contributed by atoms with Gasteiger partial charge in [0.1, 0.15) is 5.58 Å². The quantitative estimate of drug-likeness (QED) is 0.131. The first-order valence-electron chi connectivity index (χ1n) is 18.3. The Bertz CT molecular complexity index is 2570. The third kappa shape index (κ3) is 8.46. The molecule has 0 bridgehead atoms. The molecule has 0 aliphatic carbocycles. The molecular weight excluding hydrogens is 825 g/mol. The molecule has 0 spiro atoms. The van der Waals surface area contributed by atoms with Crippen LogP contribution >= 0.6 is 0 Å². The molecule has 0 fully saturated rings. The van der Waals surface area contributed by atoms with E-state index >= 15 is 0 Å². The number of aryl methyl sites for hydroxylation is 3. The maximum atomic E-state index is 6.49. The summed E-state index contributed by atoms with van der Waals surface area (Å²) >= 11 is 0. The van der Waals surface area contributed by atoms with Crippen molar-refractivity contribution in [2.75, 3.05) is 0 Å². The average Bonchev–Trinajstić information content (AvgIpc) is 3.46. The number of fused-ring (bicyclic) bond motifs is 6. The zero-order valence-corrected chi connectivity index (χ0v) is 34.8. The molecule has 0 unspecified atom stereocenters. The Balaban J connectivity index is 0.000000206. The minimum absolute atomic E-state index is 0. The van der Waals surface area contributed by atoms with Crippen molar-refractivity contribution < 1.29 is 24.5 Å². The first-order valence-corrected chi connectivity index (χ1v) is 18.3. The number of rotatable bonds is 4. The second-order valence-electron chi connectivity index (χ2n) is 16.8. The zero-order chi connectivity index (χ0) is 36.8. The van der Waals surface area contributed by atoms with E-state index in [1.807, 2.05) is 24.5 Å². The summed E-state index contributed by atoms with van der Waals surface area (Å²) in [6.45, 7) is 20.0. The van der Waals surface area contributed by atoms with E-state index in [-0.39, 0.29) is 25.5 Å². The molecule has 3 heterocycles. The van der Waals surface area contributed by atoms with Gasteiger partial charge in [-0.1, -0.05) is 119 Å². The summed E-state index contributed by atoms with van der Waals surface area (Å²) in [6.07, 6.45) is 6.06. The van der Waals surface area contributed by atoms with Crippen LogP contribution in [0.3, 0.4) is 0 Å².